The van der Waals surface area contributed by atoms with Crippen LogP contribution in [-0.2, 0) is 4.74 Å². The van der Waals surface area contributed by atoms with Gasteiger partial charge in [0.15, 0.2) is 0 Å². The van der Waals surface area contributed by atoms with Gasteiger partial charge in [0.2, 0.25) is 0 Å². The van der Waals surface area contributed by atoms with Crippen molar-refractivity contribution in [1.82, 2.24) is 10.2 Å². The zero-order chi connectivity index (χ0) is 9.94. The predicted molar refractivity (Wildman–Crippen MR) is 53.9 cm³/mol. The standard InChI is InChI=1S/C9H22N2O2/c1-11(7-9-13-2)6-5-10-4-3-8-12/h10,12H,3-9H2,1-2H3. The maximum atomic E-state index is 8.52. The van der Waals surface area contributed by atoms with Gasteiger partial charge >= 0.3 is 0 Å². The summed E-state index contributed by atoms with van der Waals surface area (Å²) in [6, 6.07) is 0. The van der Waals surface area contributed by atoms with Crippen LogP contribution in [0.5, 0.6) is 0 Å². The Labute approximate surface area is 80.9 Å². The van der Waals surface area contributed by atoms with Crippen molar-refractivity contribution in [2.75, 3.05) is 53.6 Å². The highest BCUT2D eigenvalue weighted by Crippen LogP contribution is 1.81. The molecule has 4 heteroatoms. The molecule has 0 atom stereocenters. The smallest absolute Gasteiger partial charge is 0.0589 e. The highest BCUT2D eigenvalue weighted by Gasteiger charge is 1.95. The highest BCUT2D eigenvalue weighted by molar-refractivity contribution is 4.54. The second-order valence-electron chi connectivity index (χ2n) is 3.12. The minimum Gasteiger partial charge on any atom is -0.396 e. The summed E-state index contributed by atoms with van der Waals surface area (Å²) in [5.74, 6) is 0. The Morgan fingerprint density at radius 2 is 2.08 bits per heavy atom. The molecule has 0 aromatic heterocycles. The van der Waals surface area contributed by atoms with E-state index in [0.717, 1.165) is 39.2 Å². The van der Waals surface area contributed by atoms with Crippen LogP contribution in [0.1, 0.15) is 6.42 Å². The lowest BCUT2D eigenvalue weighted by molar-refractivity contribution is 0.161. The lowest BCUT2D eigenvalue weighted by atomic mass is 10.4. The fraction of sp³-hybridized carbons (Fsp3) is 1.00. The van der Waals surface area contributed by atoms with Gasteiger partial charge in [0.25, 0.3) is 0 Å². The lowest BCUT2D eigenvalue weighted by Crippen LogP contribution is -2.31. The van der Waals surface area contributed by atoms with E-state index < -0.39 is 0 Å². The number of hydrogen-bond acceptors (Lipinski definition) is 4. The summed E-state index contributed by atoms with van der Waals surface area (Å²) >= 11 is 0. The van der Waals surface area contributed by atoms with Crippen LogP contribution in [0.15, 0.2) is 0 Å². The number of aliphatic hydroxyl groups is 1. The quantitative estimate of drug-likeness (QED) is 0.483. The minimum absolute atomic E-state index is 0.270. The van der Waals surface area contributed by atoms with Crippen molar-refractivity contribution in [2.45, 2.75) is 6.42 Å². The molecule has 0 bridgehead atoms. The third-order valence-corrected chi connectivity index (χ3v) is 1.86. The molecule has 0 fully saturated rings. The number of likely N-dealkylation sites (N-methyl/N-ethyl adjacent to an activating group) is 1. The van der Waals surface area contributed by atoms with Crippen LogP contribution >= 0.6 is 0 Å². The molecule has 80 valence electrons. The van der Waals surface area contributed by atoms with Crippen molar-refractivity contribution in [1.29, 1.82) is 0 Å². The summed E-state index contributed by atoms with van der Waals surface area (Å²) in [7, 11) is 3.79. The van der Waals surface area contributed by atoms with Gasteiger partial charge in [-0.3, -0.25) is 0 Å². The van der Waals surface area contributed by atoms with E-state index >= 15 is 0 Å². The maximum Gasteiger partial charge on any atom is 0.0589 e. The Kier molecular flexibility index (Phi) is 9.80. The topological polar surface area (TPSA) is 44.7 Å². The van der Waals surface area contributed by atoms with Crippen LogP contribution in [0.4, 0.5) is 0 Å². The first-order valence-electron chi connectivity index (χ1n) is 4.80. The monoisotopic (exact) mass is 190 g/mol. The Morgan fingerprint density at radius 1 is 1.31 bits per heavy atom. The van der Waals surface area contributed by atoms with E-state index in [1.807, 2.05) is 0 Å². The molecule has 0 saturated carbocycles. The molecule has 2 N–H and O–H groups in total. The predicted octanol–water partition coefficient (Wildman–Crippen LogP) is -0.463. The van der Waals surface area contributed by atoms with Gasteiger partial charge in [-0.25, -0.2) is 0 Å². The van der Waals surface area contributed by atoms with Gasteiger partial charge in [-0.05, 0) is 20.0 Å². The van der Waals surface area contributed by atoms with Gasteiger partial charge in [0.05, 0.1) is 6.61 Å². The van der Waals surface area contributed by atoms with Crippen LogP contribution in [0.2, 0.25) is 0 Å². The molecule has 0 aliphatic heterocycles. The first-order chi connectivity index (χ1) is 6.31. The van der Waals surface area contributed by atoms with E-state index in [4.69, 9.17) is 9.84 Å². The van der Waals surface area contributed by atoms with Gasteiger partial charge in [0.1, 0.15) is 0 Å². The van der Waals surface area contributed by atoms with E-state index in [9.17, 15) is 0 Å². The second kappa shape index (κ2) is 9.92. The fourth-order valence-electron chi connectivity index (χ4n) is 0.958. The number of ether oxygens (including phenoxy) is 1. The van der Waals surface area contributed by atoms with E-state index in [2.05, 4.69) is 17.3 Å². The van der Waals surface area contributed by atoms with E-state index in [-0.39, 0.29) is 6.61 Å². The normalized spacial score (nSPS) is 11.1. The molecule has 0 unspecified atom stereocenters. The van der Waals surface area contributed by atoms with E-state index in [0.29, 0.717) is 0 Å². The Balaban J connectivity index is 3.03. The van der Waals surface area contributed by atoms with Gasteiger partial charge in [-0.15, -0.1) is 0 Å². The highest BCUT2D eigenvalue weighted by atomic mass is 16.5. The van der Waals surface area contributed by atoms with Crippen molar-refractivity contribution >= 4 is 0 Å². The fourth-order valence-corrected chi connectivity index (χ4v) is 0.958. The summed E-state index contributed by atoms with van der Waals surface area (Å²) in [5, 5.41) is 11.8. The van der Waals surface area contributed by atoms with Crippen molar-refractivity contribution in [3.8, 4) is 0 Å². The first kappa shape index (κ1) is 12.8. The number of nitrogens with zero attached hydrogens (tertiary/aromatic N) is 1. The molecule has 0 heterocycles. The summed E-state index contributed by atoms with van der Waals surface area (Å²) in [5.41, 5.74) is 0. The Morgan fingerprint density at radius 3 is 2.69 bits per heavy atom. The second-order valence-corrected chi connectivity index (χ2v) is 3.12. The largest absolute Gasteiger partial charge is 0.396 e. The molecular weight excluding hydrogens is 168 g/mol. The molecule has 0 aliphatic carbocycles. The Bertz CT molecular complexity index is 102. The van der Waals surface area contributed by atoms with Gasteiger partial charge in [-0.2, -0.15) is 0 Å². The van der Waals surface area contributed by atoms with Gasteiger partial charge in [0, 0.05) is 33.4 Å². The van der Waals surface area contributed by atoms with Crippen LogP contribution in [0, 0.1) is 0 Å². The van der Waals surface area contributed by atoms with Crippen LogP contribution in [0.25, 0.3) is 0 Å². The van der Waals surface area contributed by atoms with E-state index in [1.54, 1.807) is 7.11 Å². The van der Waals surface area contributed by atoms with Crippen molar-refractivity contribution in [2.24, 2.45) is 0 Å². The number of methoxy groups -OCH3 is 1. The van der Waals surface area contributed by atoms with Crippen LogP contribution in [-0.4, -0.2) is 63.6 Å². The summed E-state index contributed by atoms with van der Waals surface area (Å²) in [4.78, 5) is 2.22. The molecule has 13 heavy (non-hydrogen) atoms. The third kappa shape index (κ3) is 9.76. The van der Waals surface area contributed by atoms with E-state index in [1.165, 1.54) is 0 Å². The molecule has 0 spiro atoms. The molecule has 0 aromatic rings. The number of aliphatic hydroxyl groups excluding tert-OH is 1. The molecule has 0 amide bonds. The van der Waals surface area contributed by atoms with Gasteiger partial charge < -0.3 is 20.1 Å². The minimum atomic E-state index is 0.270. The molecule has 0 rings (SSSR count). The average Bonchev–Trinajstić information content (AvgIpc) is 2.14. The Hall–Kier alpha value is -0.160. The molecular formula is C9H22N2O2. The lowest BCUT2D eigenvalue weighted by Gasteiger charge is -2.15. The number of nitrogens with one attached hydrogen (secondary N) is 1. The summed E-state index contributed by atoms with van der Waals surface area (Å²) in [6.07, 6.45) is 0.835. The maximum absolute atomic E-state index is 8.52. The van der Waals surface area contributed by atoms with Crippen LogP contribution < -0.4 is 5.32 Å². The zero-order valence-electron chi connectivity index (χ0n) is 8.75. The molecule has 0 aromatic carbocycles. The molecule has 4 nitrogen and oxygen atoms in total. The van der Waals surface area contributed by atoms with Gasteiger partial charge in [-0.1, -0.05) is 0 Å². The molecule has 0 saturated heterocycles. The number of rotatable bonds is 9. The first-order valence-corrected chi connectivity index (χ1v) is 4.80. The molecule has 0 radical (unpaired) electrons. The molecule has 0 aliphatic rings. The van der Waals surface area contributed by atoms with Crippen molar-refractivity contribution in [3.05, 3.63) is 0 Å². The van der Waals surface area contributed by atoms with Crippen molar-refractivity contribution < 1.29 is 9.84 Å². The average molecular weight is 190 g/mol. The number of hydrogen-bond donors (Lipinski definition) is 2. The van der Waals surface area contributed by atoms with Crippen LogP contribution in [0.3, 0.4) is 0 Å². The third-order valence-electron chi connectivity index (χ3n) is 1.86. The SMILES string of the molecule is COCCN(C)CCNCCCO. The summed E-state index contributed by atoms with van der Waals surface area (Å²) < 4.78 is 4.96. The van der Waals surface area contributed by atoms with Crippen molar-refractivity contribution in [3.63, 3.8) is 0 Å². The summed E-state index contributed by atoms with van der Waals surface area (Å²) in [6.45, 7) is 4.92. The zero-order valence-corrected chi connectivity index (χ0v) is 8.75.